The molecular formula is C24H25N3O2. The molecule has 0 bridgehead atoms. The van der Waals surface area contributed by atoms with Crippen LogP contribution in [0.4, 0.5) is 0 Å². The zero-order valence-electron chi connectivity index (χ0n) is 16.7. The van der Waals surface area contributed by atoms with Crippen molar-refractivity contribution in [2.24, 2.45) is 0 Å². The number of benzene rings is 2. The van der Waals surface area contributed by atoms with Gasteiger partial charge in [0.2, 0.25) is 5.91 Å². The first-order valence-corrected chi connectivity index (χ1v) is 9.95. The van der Waals surface area contributed by atoms with E-state index >= 15 is 0 Å². The van der Waals surface area contributed by atoms with Gasteiger partial charge >= 0.3 is 0 Å². The van der Waals surface area contributed by atoms with E-state index in [0.717, 1.165) is 23.1 Å². The molecule has 3 atom stereocenters. The molecule has 2 heterocycles. The Kier molecular flexibility index (Phi) is 5.67. The van der Waals surface area contributed by atoms with Gasteiger partial charge in [-0.3, -0.25) is 4.79 Å². The molecule has 1 N–H and O–H groups in total. The molecule has 1 fully saturated rings. The fourth-order valence-electron chi connectivity index (χ4n) is 3.86. The number of amides is 1. The molecular weight excluding hydrogens is 362 g/mol. The molecule has 1 aliphatic heterocycles. The van der Waals surface area contributed by atoms with Crippen LogP contribution in [0.15, 0.2) is 67.0 Å². The third-order valence-electron chi connectivity index (χ3n) is 5.22. The first kappa shape index (κ1) is 19.3. The van der Waals surface area contributed by atoms with E-state index in [-0.39, 0.29) is 24.2 Å². The van der Waals surface area contributed by atoms with Gasteiger partial charge in [-0.25, -0.2) is 9.97 Å². The number of nitrogens with one attached hydrogen (secondary N) is 1. The fourth-order valence-corrected chi connectivity index (χ4v) is 3.86. The molecule has 1 aromatic heterocycles. The standard InChI is InChI=1S/C24H25N3O2/c1-16-7-6-10-19(11-16)24-25-14-20(15-26-24)23-13-21(27-17(2)28)12-22(29-23)18-8-4-3-5-9-18/h3-11,14-15,21-23H,12-13H2,1-2H3,(H,27,28)/t21-,22-,23+/m1/s1. The van der Waals surface area contributed by atoms with Crippen molar-refractivity contribution < 1.29 is 9.53 Å². The van der Waals surface area contributed by atoms with Gasteiger partial charge in [-0.1, -0.05) is 54.1 Å². The summed E-state index contributed by atoms with van der Waals surface area (Å²) in [6.07, 6.45) is 4.89. The summed E-state index contributed by atoms with van der Waals surface area (Å²) >= 11 is 0. The summed E-state index contributed by atoms with van der Waals surface area (Å²) in [6.45, 7) is 3.61. The largest absolute Gasteiger partial charge is 0.365 e. The van der Waals surface area contributed by atoms with Crippen LogP contribution < -0.4 is 5.32 Å². The Labute approximate surface area is 171 Å². The maximum absolute atomic E-state index is 11.7. The summed E-state index contributed by atoms with van der Waals surface area (Å²) in [6, 6.07) is 18.3. The van der Waals surface area contributed by atoms with E-state index < -0.39 is 0 Å². The predicted octanol–water partition coefficient (Wildman–Crippen LogP) is 4.55. The van der Waals surface area contributed by atoms with Crippen molar-refractivity contribution in [2.45, 2.75) is 44.9 Å². The number of hydrogen-bond acceptors (Lipinski definition) is 4. The van der Waals surface area contributed by atoms with Gasteiger partial charge in [0.15, 0.2) is 5.82 Å². The lowest BCUT2D eigenvalue weighted by Gasteiger charge is -2.36. The lowest BCUT2D eigenvalue weighted by molar-refractivity contribution is -0.122. The van der Waals surface area contributed by atoms with Crippen molar-refractivity contribution in [3.05, 3.63) is 83.7 Å². The third kappa shape index (κ3) is 4.69. The van der Waals surface area contributed by atoms with Gasteiger partial charge in [0.25, 0.3) is 0 Å². The van der Waals surface area contributed by atoms with Gasteiger partial charge in [-0.05, 0) is 31.4 Å². The van der Waals surface area contributed by atoms with Crippen molar-refractivity contribution in [2.75, 3.05) is 0 Å². The summed E-state index contributed by atoms with van der Waals surface area (Å²) < 4.78 is 6.40. The minimum Gasteiger partial charge on any atom is -0.365 e. The number of aryl methyl sites for hydroxylation is 1. The van der Waals surface area contributed by atoms with Crippen LogP contribution in [-0.4, -0.2) is 21.9 Å². The average molecular weight is 387 g/mol. The van der Waals surface area contributed by atoms with Crippen molar-refractivity contribution >= 4 is 5.91 Å². The summed E-state index contributed by atoms with van der Waals surface area (Å²) in [5.74, 6) is 0.680. The molecule has 0 saturated carbocycles. The van der Waals surface area contributed by atoms with Crippen LogP contribution in [0.3, 0.4) is 0 Å². The Morgan fingerprint density at radius 2 is 1.66 bits per heavy atom. The van der Waals surface area contributed by atoms with Gasteiger partial charge in [-0.15, -0.1) is 0 Å². The Balaban J connectivity index is 1.57. The van der Waals surface area contributed by atoms with Crippen LogP contribution in [0.25, 0.3) is 11.4 Å². The highest BCUT2D eigenvalue weighted by Crippen LogP contribution is 2.38. The fraction of sp³-hybridized carbons (Fsp3) is 0.292. The lowest BCUT2D eigenvalue weighted by atomic mass is 9.92. The second-order valence-electron chi connectivity index (χ2n) is 7.60. The third-order valence-corrected chi connectivity index (χ3v) is 5.22. The minimum atomic E-state index is -0.169. The van der Waals surface area contributed by atoms with Crippen molar-refractivity contribution in [3.63, 3.8) is 0 Å². The monoisotopic (exact) mass is 387 g/mol. The molecule has 1 amide bonds. The van der Waals surface area contributed by atoms with Gasteiger partial charge in [0.1, 0.15) is 0 Å². The van der Waals surface area contributed by atoms with Crippen LogP contribution >= 0.6 is 0 Å². The smallest absolute Gasteiger partial charge is 0.217 e. The number of nitrogens with zero attached hydrogens (tertiary/aromatic N) is 2. The number of rotatable bonds is 4. The predicted molar refractivity (Wildman–Crippen MR) is 112 cm³/mol. The van der Waals surface area contributed by atoms with E-state index in [4.69, 9.17) is 4.74 Å². The summed E-state index contributed by atoms with van der Waals surface area (Å²) in [5.41, 5.74) is 4.22. The van der Waals surface area contributed by atoms with E-state index in [2.05, 4.69) is 46.5 Å². The molecule has 1 aliphatic rings. The highest BCUT2D eigenvalue weighted by atomic mass is 16.5. The van der Waals surface area contributed by atoms with Crippen molar-refractivity contribution in [1.29, 1.82) is 0 Å². The minimum absolute atomic E-state index is 0.0199. The molecule has 3 aromatic rings. The van der Waals surface area contributed by atoms with Crippen LogP contribution in [0.2, 0.25) is 0 Å². The molecule has 0 unspecified atom stereocenters. The summed E-state index contributed by atoms with van der Waals surface area (Å²) in [5, 5.41) is 3.06. The highest BCUT2D eigenvalue weighted by molar-refractivity contribution is 5.73. The average Bonchev–Trinajstić information content (AvgIpc) is 2.74. The van der Waals surface area contributed by atoms with Crippen molar-refractivity contribution in [3.8, 4) is 11.4 Å². The van der Waals surface area contributed by atoms with Crippen LogP contribution in [0, 0.1) is 6.92 Å². The van der Waals surface area contributed by atoms with Gasteiger partial charge in [0.05, 0.1) is 12.2 Å². The van der Waals surface area contributed by atoms with Crippen LogP contribution in [0.5, 0.6) is 0 Å². The van der Waals surface area contributed by atoms with E-state index in [1.165, 1.54) is 5.56 Å². The normalized spacial score (nSPS) is 21.5. The van der Waals surface area contributed by atoms with E-state index in [0.29, 0.717) is 12.2 Å². The van der Waals surface area contributed by atoms with E-state index in [1.54, 1.807) is 6.92 Å². The number of hydrogen-bond donors (Lipinski definition) is 1. The molecule has 0 radical (unpaired) electrons. The molecule has 0 aliphatic carbocycles. The molecule has 0 spiro atoms. The van der Waals surface area contributed by atoms with Gasteiger partial charge in [-0.2, -0.15) is 0 Å². The second kappa shape index (κ2) is 8.53. The molecule has 2 aromatic carbocycles. The molecule has 4 rings (SSSR count). The molecule has 1 saturated heterocycles. The maximum atomic E-state index is 11.7. The van der Waals surface area contributed by atoms with Gasteiger partial charge < -0.3 is 10.1 Å². The quantitative estimate of drug-likeness (QED) is 0.713. The Hall–Kier alpha value is -3.05. The van der Waals surface area contributed by atoms with E-state index in [9.17, 15) is 4.79 Å². The van der Waals surface area contributed by atoms with Crippen LogP contribution in [-0.2, 0) is 9.53 Å². The van der Waals surface area contributed by atoms with E-state index in [1.807, 2.05) is 42.7 Å². The summed E-state index contributed by atoms with van der Waals surface area (Å²) in [7, 11) is 0. The maximum Gasteiger partial charge on any atom is 0.217 e. The Morgan fingerprint density at radius 3 is 2.31 bits per heavy atom. The zero-order valence-corrected chi connectivity index (χ0v) is 16.7. The molecule has 5 nitrogen and oxygen atoms in total. The number of carbonyl (C=O) groups excluding carboxylic acids is 1. The second-order valence-corrected chi connectivity index (χ2v) is 7.60. The number of ether oxygens (including phenoxy) is 1. The topological polar surface area (TPSA) is 64.1 Å². The SMILES string of the molecule is CC(=O)N[C@H]1C[C@@H](c2cnc(-c3cccc(C)c3)nc2)O[C@@H](c2ccccc2)C1. The highest BCUT2D eigenvalue weighted by Gasteiger charge is 2.32. The summed E-state index contributed by atoms with van der Waals surface area (Å²) in [4.78, 5) is 20.8. The molecule has 148 valence electrons. The molecule has 29 heavy (non-hydrogen) atoms. The van der Waals surface area contributed by atoms with Gasteiger partial charge in [0, 0.05) is 36.5 Å². The molecule has 5 heteroatoms. The lowest BCUT2D eigenvalue weighted by Crippen LogP contribution is -2.39. The number of carbonyl (C=O) groups is 1. The van der Waals surface area contributed by atoms with Crippen LogP contribution in [0.1, 0.15) is 48.7 Å². The number of aromatic nitrogens is 2. The zero-order chi connectivity index (χ0) is 20.2. The first-order chi connectivity index (χ1) is 14.1. The first-order valence-electron chi connectivity index (χ1n) is 9.95. The Morgan fingerprint density at radius 1 is 0.966 bits per heavy atom. The Bertz CT molecular complexity index is 973. The van der Waals surface area contributed by atoms with Crippen molar-refractivity contribution in [1.82, 2.24) is 15.3 Å².